The van der Waals surface area contributed by atoms with Crippen molar-refractivity contribution in [3.8, 4) is 0 Å². The first-order chi connectivity index (χ1) is 9.11. The Labute approximate surface area is 121 Å². The van der Waals surface area contributed by atoms with Crippen LogP contribution in [0, 0.1) is 5.41 Å². The van der Waals surface area contributed by atoms with E-state index in [0.717, 1.165) is 13.2 Å². The summed E-state index contributed by atoms with van der Waals surface area (Å²) in [7, 11) is -0.137. The second-order valence-electron chi connectivity index (χ2n) is 6.23. The smallest absolute Gasteiger partial charge is 0.406 e. The van der Waals surface area contributed by atoms with Gasteiger partial charge in [-0.1, -0.05) is 46.1 Å². The topological polar surface area (TPSA) is 18.5 Å². The Bertz CT molecular complexity index is 379. The van der Waals surface area contributed by atoms with E-state index in [0.29, 0.717) is 0 Å². The predicted molar refractivity (Wildman–Crippen MR) is 83.2 cm³/mol. The molecule has 0 unspecified atom stereocenters. The largest absolute Gasteiger partial charge is 0.504 e. The van der Waals surface area contributed by atoms with Crippen LogP contribution in [0.4, 0.5) is 0 Å². The number of unbranched alkanes of at least 4 members (excludes halogenated alkanes) is 3. The summed E-state index contributed by atoms with van der Waals surface area (Å²) >= 11 is 1.85. The SMILES string of the molecule is CCCCCCc1ccc(B2OCC(C)(C)CO2)s1. The van der Waals surface area contributed by atoms with Gasteiger partial charge in [-0.15, -0.1) is 11.3 Å². The Morgan fingerprint density at radius 1 is 1.16 bits per heavy atom. The molecule has 0 saturated carbocycles. The molecule has 0 radical (unpaired) electrons. The first kappa shape index (κ1) is 15.1. The average Bonchev–Trinajstić information content (AvgIpc) is 2.83. The van der Waals surface area contributed by atoms with Crippen LogP contribution in [0.25, 0.3) is 0 Å². The fourth-order valence-electron chi connectivity index (χ4n) is 2.24. The molecule has 0 bridgehead atoms. The fraction of sp³-hybridized carbons (Fsp3) is 0.733. The maximum absolute atomic E-state index is 5.82. The zero-order valence-corrected chi connectivity index (χ0v) is 13.2. The molecule has 4 heteroatoms. The second kappa shape index (κ2) is 6.91. The lowest BCUT2D eigenvalue weighted by Gasteiger charge is -2.32. The lowest BCUT2D eigenvalue weighted by molar-refractivity contribution is 0.0346. The van der Waals surface area contributed by atoms with Gasteiger partial charge in [0.1, 0.15) is 0 Å². The minimum atomic E-state index is -0.137. The minimum Gasteiger partial charge on any atom is -0.406 e. The highest BCUT2D eigenvalue weighted by molar-refractivity contribution is 7.22. The summed E-state index contributed by atoms with van der Waals surface area (Å²) in [5.41, 5.74) is 0.150. The van der Waals surface area contributed by atoms with Crippen LogP contribution in [-0.4, -0.2) is 20.3 Å². The van der Waals surface area contributed by atoms with Gasteiger partial charge in [0.05, 0.1) is 0 Å². The van der Waals surface area contributed by atoms with Crippen LogP contribution in [0.5, 0.6) is 0 Å². The maximum Gasteiger partial charge on any atom is 0.504 e. The molecular weight excluding hydrogens is 255 g/mol. The lowest BCUT2D eigenvalue weighted by atomic mass is 9.82. The molecule has 0 aromatic carbocycles. The van der Waals surface area contributed by atoms with Gasteiger partial charge in [-0.3, -0.25) is 0 Å². The minimum absolute atomic E-state index is 0.137. The standard InChI is InChI=1S/C15H25BO2S/c1-4-5-6-7-8-13-9-10-14(19-13)16-17-11-15(2,3)12-18-16/h9-10H,4-8,11-12H2,1-3H3. The van der Waals surface area contributed by atoms with E-state index in [-0.39, 0.29) is 12.5 Å². The highest BCUT2D eigenvalue weighted by atomic mass is 32.1. The van der Waals surface area contributed by atoms with Crippen molar-refractivity contribution in [2.75, 3.05) is 13.2 Å². The third kappa shape index (κ3) is 4.62. The summed E-state index contributed by atoms with van der Waals surface area (Å²) in [6, 6.07) is 4.40. The molecule has 0 aliphatic carbocycles. The van der Waals surface area contributed by atoms with E-state index in [2.05, 4.69) is 32.9 Å². The Morgan fingerprint density at radius 2 is 1.89 bits per heavy atom. The van der Waals surface area contributed by atoms with E-state index in [1.165, 1.54) is 41.8 Å². The molecule has 1 aromatic heterocycles. The quantitative estimate of drug-likeness (QED) is 0.585. The normalized spacial score (nSPS) is 18.8. The van der Waals surface area contributed by atoms with Gasteiger partial charge in [-0.2, -0.15) is 0 Å². The molecule has 19 heavy (non-hydrogen) atoms. The molecule has 2 nitrogen and oxygen atoms in total. The van der Waals surface area contributed by atoms with Gasteiger partial charge in [0.15, 0.2) is 0 Å². The number of thiophene rings is 1. The zero-order valence-electron chi connectivity index (χ0n) is 12.4. The van der Waals surface area contributed by atoms with Crippen molar-refractivity contribution >= 4 is 23.2 Å². The van der Waals surface area contributed by atoms with E-state index in [1.54, 1.807) is 0 Å². The molecule has 0 spiro atoms. The van der Waals surface area contributed by atoms with E-state index in [1.807, 2.05) is 11.3 Å². The van der Waals surface area contributed by atoms with Crippen molar-refractivity contribution in [1.82, 2.24) is 0 Å². The summed E-state index contributed by atoms with van der Waals surface area (Å²) in [5, 5.41) is 0. The van der Waals surface area contributed by atoms with Crippen molar-refractivity contribution in [3.05, 3.63) is 17.0 Å². The van der Waals surface area contributed by atoms with E-state index < -0.39 is 0 Å². The number of rotatable bonds is 6. The van der Waals surface area contributed by atoms with Gasteiger partial charge in [0.25, 0.3) is 0 Å². The van der Waals surface area contributed by atoms with Crippen LogP contribution in [0.15, 0.2) is 12.1 Å². The van der Waals surface area contributed by atoms with E-state index in [9.17, 15) is 0 Å². The van der Waals surface area contributed by atoms with Gasteiger partial charge in [0, 0.05) is 28.3 Å². The molecule has 1 aliphatic heterocycles. The Morgan fingerprint density at radius 3 is 2.58 bits per heavy atom. The van der Waals surface area contributed by atoms with Crippen LogP contribution in [-0.2, 0) is 15.7 Å². The summed E-state index contributed by atoms with van der Waals surface area (Å²) in [4.78, 5) is 1.46. The summed E-state index contributed by atoms with van der Waals surface area (Å²) in [6.45, 7) is 8.17. The summed E-state index contributed by atoms with van der Waals surface area (Å²) in [6.07, 6.45) is 6.49. The number of hydrogen-bond donors (Lipinski definition) is 0. The van der Waals surface area contributed by atoms with Crippen LogP contribution in [0.2, 0.25) is 0 Å². The van der Waals surface area contributed by atoms with Gasteiger partial charge < -0.3 is 9.31 Å². The number of aryl methyl sites for hydroxylation is 1. The molecule has 1 aliphatic rings. The monoisotopic (exact) mass is 280 g/mol. The van der Waals surface area contributed by atoms with E-state index in [4.69, 9.17) is 9.31 Å². The summed E-state index contributed by atoms with van der Waals surface area (Å²) in [5.74, 6) is 0. The van der Waals surface area contributed by atoms with Gasteiger partial charge in [-0.25, -0.2) is 0 Å². The molecular formula is C15H25BO2S. The molecule has 1 aromatic rings. The maximum atomic E-state index is 5.82. The van der Waals surface area contributed by atoms with Crippen molar-refractivity contribution in [2.24, 2.45) is 5.41 Å². The molecule has 1 fully saturated rings. The predicted octanol–water partition coefficient (Wildman–Crippen LogP) is 3.64. The molecule has 2 heterocycles. The number of hydrogen-bond acceptors (Lipinski definition) is 3. The lowest BCUT2D eigenvalue weighted by Crippen LogP contribution is -2.46. The van der Waals surface area contributed by atoms with Crippen LogP contribution in [0.1, 0.15) is 51.3 Å². The fourth-order valence-corrected chi connectivity index (χ4v) is 3.29. The Balaban J connectivity index is 1.80. The van der Waals surface area contributed by atoms with Crippen molar-refractivity contribution in [1.29, 1.82) is 0 Å². The molecule has 106 valence electrons. The van der Waals surface area contributed by atoms with Crippen molar-refractivity contribution < 1.29 is 9.31 Å². The highest BCUT2D eigenvalue weighted by Gasteiger charge is 2.34. The average molecular weight is 280 g/mol. The van der Waals surface area contributed by atoms with Crippen LogP contribution < -0.4 is 4.78 Å². The highest BCUT2D eigenvalue weighted by Crippen LogP contribution is 2.22. The molecule has 0 amide bonds. The third-order valence-electron chi connectivity index (χ3n) is 3.44. The molecule has 0 N–H and O–H groups in total. The zero-order chi connectivity index (χ0) is 13.7. The van der Waals surface area contributed by atoms with Crippen molar-refractivity contribution in [3.63, 3.8) is 0 Å². The van der Waals surface area contributed by atoms with Crippen LogP contribution in [0.3, 0.4) is 0 Å². The first-order valence-electron chi connectivity index (χ1n) is 7.42. The third-order valence-corrected chi connectivity index (χ3v) is 4.61. The van der Waals surface area contributed by atoms with Gasteiger partial charge in [-0.05, 0) is 18.9 Å². The van der Waals surface area contributed by atoms with Gasteiger partial charge in [0.2, 0.25) is 0 Å². The van der Waals surface area contributed by atoms with Gasteiger partial charge >= 0.3 is 7.12 Å². The Hall–Kier alpha value is -0.315. The van der Waals surface area contributed by atoms with Crippen molar-refractivity contribution in [2.45, 2.75) is 52.9 Å². The van der Waals surface area contributed by atoms with Crippen LogP contribution >= 0.6 is 11.3 Å². The first-order valence-corrected chi connectivity index (χ1v) is 8.24. The molecule has 1 saturated heterocycles. The summed E-state index contributed by atoms with van der Waals surface area (Å²) < 4.78 is 12.9. The molecule has 2 rings (SSSR count). The Kier molecular flexibility index (Phi) is 5.49. The molecule has 0 atom stereocenters. The second-order valence-corrected chi connectivity index (χ2v) is 7.43. The van der Waals surface area contributed by atoms with E-state index >= 15 is 0 Å².